The number of anilines is 1. The minimum Gasteiger partial charge on any atom is -0.504 e. The van der Waals surface area contributed by atoms with Crippen molar-refractivity contribution in [1.29, 1.82) is 0 Å². The average Bonchev–Trinajstić information content (AvgIpc) is 2.84. The van der Waals surface area contributed by atoms with Crippen LogP contribution in [0.1, 0.15) is 17.3 Å². The number of phenolic OH excluding ortho intramolecular Hbond substituents is 1. The van der Waals surface area contributed by atoms with Crippen molar-refractivity contribution in [2.24, 2.45) is 0 Å². The first-order chi connectivity index (χ1) is 16.0. The van der Waals surface area contributed by atoms with E-state index in [-0.39, 0.29) is 11.3 Å². The van der Waals surface area contributed by atoms with E-state index in [0.717, 1.165) is 22.4 Å². The summed E-state index contributed by atoms with van der Waals surface area (Å²) >= 11 is 3.54. The van der Waals surface area contributed by atoms with Crippen LogP contribution < -0.4 is 20.3 Å². The molecule has 0 fully saturated rings. The van der Waals surface area contributed by atoms with Crippen LogP contribution in [-0.4, -0.2) is 22.3 Å². The number of phenols is 1. The molecule has 1 aromatic heterocycles. The van der Waals surface area contributed by atoms with E-state index in [1.165, 1.54) is 18.9 Å². The summed E-state index contributed by atoms with van der Waals surface area (Å²) in [5.74, 6) is 1.13. The Hall–Kier alpha value is -3.05. The molecule has 7 nitrogen and oxygen atoms in total. The summed E-state index contributed by atoms with van der Waals surface area (Å²) in [4.78, 5) is 16.2. The molecule has 9 heteroatoms. The molecular formula is C24H20IN4O3S+. The molecule has 3 N–H and O–H groups in total. The van der Waals surface area contributed by atoms with E-state index in [2.05, 4.69) is 32.9 Å². The lowest BCUT2D eigenvalue weighted by Crippen LogP contribution is -2.55. The first-order valence-corrected chi connectivity index (χ1v) is 12.3. The van der Waals surface area contributed by atoms with Crippen LogP contribution in [0.2, 0.25) is 0 Å². The van der Waals surface area contributed by atoms with E-state index in [4.69, 9.17) is 9.84 Å². The Labute approximate surface area is 208 Å². The number of methoxy groups -OCH3 is 1. The van der Waals surface area contributed by atoms with Gasteiger partial charge >= 0.3 is 11.3 Å². The zero-order valence-corrected chi connectivity index (χ0v) is 20.6. The summed E-state index contributed by atoms with van der Waals surface area (Å²) in [7, 11) is 1.51. The standard InChI is InChI=1S/C24H19IN4O3S/c1-32-19-12-15(11-17(25)21(19)30)22-26-18-10-6-5-9-16(18)20-23(31)27-24(28-29(20)22)33-13-14-7-3-2-4-8-14/h2-12,22H,13H2,1H3,(H2,27,28,30,31)/p+1/t22-/m0/s1. The quantitative estimate of drug-likeness (QED) is 0.188. The summed E-state index contributed by atoms with van der Waals surface area (Å²) in [6.45, 7) is 0. The Morgan fingerprint density at radius 2 is 1.91 bits per heavy atom. The Morgan fingerprint density at radius 3 is 2.70 bits per heavy atom. The molecular weight excluding hydrogens is 551 g/mol. The van der Waals surface area contributed by atoms with E-state index in [1.54, 1.807) is 10.7 Å². The second-order valence-corrected chi connectivity index (χ2v) is 9.60. The van der Waals surface area contributed by atoms with Crippen LogP contribution in [0.4, 0.5) is 5.69 Å². The van der Waals surface area contributed by atoms with E-state index in [1.807, 2.05) is 60.7 Å². The van der Waals surface area contributed by atoms with Crippen LogP contribution >= 0.6 is 34.4 Å². The zero-order chi connectivity index (χ0) is 22.9. The van der Waals surface area contributed by atoms with E-state index in [9.17, 15) is 9.90 Å². The highest BCUT2D eigenvalue weighted by Crippen LogP contribution is 2.37. The van der Waals surface area contributed by atoms with Crippen LogP contribution in [-0.2, 0) is 5.75 Å². The normalized spacial score (nSPS) is 14.2. The molecule has 0 aliphatic carbocycles. The number of hydrogen-bond acceptors (Lipinski definition) is 6. The number of hydrogen-bond donors (Lipinski definition) is 3. The summed E-state index contributed by atoms with van der Waals surface area (Å²) in [5.41, 5.74) is 3.84. The van der Waals surface area contributed by atoms with Crippen molar-refractivity contribution in [3.63, 3.8) is 0 Å². The smallest absolute Gasteiger partial charge is 0.325 e. The lowest BCUT2D eigenvalue weighted by atomic mass is 10.0. The van der Waals surface area contributed by atoms with Gasteiger partial charge in [0.15, 0.2) is 11.5 Å². The lowest BCUT2D eigenvalue weighted by molar-refractivity contribution is -0.759. The number of nitrogens with zero attached hydrogens (tertiary/aromatic N) is 2. The van der Waals surface area contributed by atoms with Gasteiger partial charge in [-0.15, -0.1) is 0 Å². The maximum absolute atomic E-state index is 13.3. The van der Waals surface area contributed by atoms with Gasteiger partial charge in [-0.25, -0.2) is 0 Å². The van der Waals surface area contributed by atoms with Crippen molar-refractivity contribution in [3.8, 4) is 22.8 Å². The number of ether oxygens (including phenoxy) is 1. The van der Waals surface area contributed by atoms with Gasteiger partial charge in [0.2, 0.25) is 5.16 Å². The van der Waals surface area contributed by atoms with Crippen molar-refractivity contribution >= 4 is 40.0 Å². The predicted molar refractivity (Wildman–Crippen MR) is 136 cm³/mol. The van der Waals surface area contributed by atoms with E-state index in [0.29, 0.717) is 25.9 Å². The van der Waals surface area contributed by atoms with Gasteiger partial charge in [0.05, 0.1) is 21.9 Å². The lowest BCUT2D eigenvalue weighted by Gasteiger charge is -2.23. The van der Waals surface area contributed by atoms with Crippen molar-refractivity contribution in [3.05, 3.63) is 91.8 Å². The van der Waals surface area contributed by atoms with E-state index >= 15 is 0 Å². The monoisotopic (exact) mass is 571 g/mol. The first-order valence-electron chi connectivity index (χ1n) is 10.2. The molecule has 33 heavy (non-hydrogen) atoms. The molecule has 1 aliphatic heterocycles. The largest absolute Gasteiger partial charge is 0.504 e. The second-order valence-electron chi connectivity index (χ2n) is 7.47. The van der Waals surface area contributed by atoms with Crippen LogP contribution in [0, 0.1) is 3.57 Å². The van der Waals surface area contributed by atoms with Gasteiger partial charge in [-0.05, 0) is 57.1 Å². The number of para-hydroxylation sites is 1. The Kier molecular flexibility index (Phi) is 5.98. The molecule has 1 atom stereocenters. The van der Waals surface area contributed by atoms with Crippen LogP contribution in [0.25, 0.3) is 11.3 Å². The SMILES string of the molecule is COc1cc([C@H]2Nc3ccccc3-c3c(=O)[nH]c(SCc4ccccc4)n[n+]32)cc(I)c1O. The average molecular weight is 571 g/mol. The molecule has 1 aliphatic rings. The number of halogens is 1. The maximum atomic E-state index is 13.3. The molecule has 0 unspecified atom stereocenters. The van der Waals surface area contributed by atoms with Gasteiger partial charge in [0, 0.05) is 16.4 Å². The molecule has 4 aromatic rings. The number of aromatic hydroxyl groups is 1. The molecule has 5 rings (SSSR count). The highest BCUT2D eigenvalue weighted by Gasteiger charge is 2.38. The minimum atomic E-state index is -0.462. The number of nitrogens with one attached hydrogen (secondary N) is 2. The summed E-state index contributed by atoms with van der Waals surface area (Å²) in [5, 5.41) is 19.1. The fourth-order valence-corrected chi connectivity index (χ4v) is 5.24. The fraction of sp³-hybridized carbons (Fsp3) is 0.125. The maximum Gasteiger partial charge on any atom is 0.325 e. The molecule has 0 saturated carbocycles. The van der Waals surface area contributed by atoms with Crippen molar-refractivity contribution < 1.29 is 14.5 Å². The number of benzene rings is 3. The number of aromatic amines is 1. The number of fused-ring (bicyclic) bond motifs is 3. The van der Waals surface area contributed by atoms with Crippen LogP contribution in [0.5, 0.6) is 11.5 Å². The molecule has 0 amide bonds. The number of aromatic nitrogens is 3. The molecule has 166 valence electrons. The molecule has 0 saturated heterocycles. The molecule has 0 spiro atoms. The van der Waals surface area contributed by atoms with Crippen molar-refractivity contribution in [1.82, 2.24) is 10.1 Å². The highest BCUT2D eigenvalue weighted by atomic mass is 127. The van der Waals surface area contributed by atoms with Crippen LogP contribution in [0.3, 0.4) is 0 Å². The molecule has 0 bridgehead atoms. The third kappa shape index (κ3) is 4.18. The summed E-state index contributed by atoms with van der Waals surface area (Å²) in [6.07, 6.45) is -0.462. The topological polar surface area (TPSA) is 91.1 Å². The zero-order valence-electron chi connectivity index (χ0n) is 17.6. The van der Waals surface area contributed by atoms with Gasteiger partial charge in [-0.3, -0.25) is 9.78 Å². The minimum absolute atomic E-state index is 0.0845. The van der Waals surface area contributed by atoms with Gasteiger partial charge in [-0.1, -0.05) is 54.2 Å². The molecule has 2 heterocycles. The van der Waals surface area contributed by atoms with Crippen molar-refractivity contribution in [2.75, 3.05) is 12.4 Å². The third-order valence-electron chi connectivity index (χ3n) is 5.39. The number of H-pyrrole nitrogens is 1. The highest BCUT2D eigenvalue weighted by molar-refractivity contribution is 14.1. The summed E-state index contributed by atoms with van der Waals surface area (Å²) < 4.78 is 7.73. The Bertz CT molecular complexity index is 1390. The predicted octanol–water partition coefficient (Wildman–Crippen LogP) is 4.31. The molecule has 0 radical (unpaired) electrons. The number of thioether (sulfide) groups is 1. The van der Waals surface area contributed by atoms with E-state index < -0.39 is 6.17 Å². The Balaban J connectivity index is 1.63. The van der Waals surface area contributed by atoms with Gasteiger partial charge in [-0.2, -0.15) is 0 Å². The van der Waals surface area contributed by atoms with Crippen molar-refractivity contribution in [2.45, 2.75) is 17.1 Å². The van der Waals surface area contributed by atoms with Gasteiger partial charge < -0.3 is 15.2 Å². The molecule has 3 aromatic carbocycles. The number of rotatable bonds is 5. The summed E-state index contributed by atoms with van der Waals surface area (Å²) in [6, 6.07) is 21.3. The second kappa shape index (κ2) is 9.06. The third-order valence-corrected chi connectivity index (χ3v) is 7.14. The Morgan fingerprint density at radius 1 is 1.15 bits per heavy atom. The van der Waals surface area contributed by atoms with Gasteiger partial charge in [0.25, 0.3) is 6.17 Å². The fourth-order valence-electron chi connectivity index (χ4n) is 3.81. The van der Waals surface area contributed by atoms with Gasteiger partial charge in [0.1, 0.15) is 0 Å². The van der Waals surface area contributed by atoms with Crippen LogP contribution in [0.15, 0.2) is 76.7 Å². The first kappa shape index (κ1) is 21.8.